The molecule has 2 saturated carbocycles. The first kappa shape index (κ1) is 12.9. The summed E-state index contributed by atoms with van der Waals surface area (Å²) in [5, 5.41) is 6.27. The molecule has 2 aliphatic rings. The molecule has 19 heavy (non-hydrogen) atoms. The first-order valence-corrected chi connectivity index (χ1v) is 8.10. The zero-order chi connectivity index (χ0) is 13.1. The molecule has 0 unspecified atom stereocenters. The first-order chi connectivity index (χ1) is 9.33. The second-order valence-corrected chi connectivity index (χ2v) is 6.59. The minimum absolute atomic E-state index is 0.0757. The number of amides is 1. The Morgan fingerprint density at radius 2 is 2.11 bits per heavy atom. The van der Waals surface area contributed by atoms with Crippen molar-refractivity contribution in [3.8, 4) is 0 Å². The number of nitrogens with one attached hydrogen (secondary N) is 1. The summed E-state index contributed by atoms with van der Waals surface area (Å²) in [4.78, 5) is 12.6. The molecule has 0 bridgehead atoms. The number of carbonyl (C=O) groups is 1. The van der Waals surface area contributed by atoms with Crippen LogP contribution in [0.15, 0.2) is 22.6 Å². The van der Waals surface area contributed by atoms with Gasteiger partial charge in [-0.1, -0.05) is 25.3 Å². The van der Waals surface area contributed by atoms with Crippen LogP contribution < -0.4 is 5.43 Å². The van der Waals surface area contributed by atoms with Crippen molar-refractivity contribution < 1.29 is 4.79 Å². The van der Waals surface area contributed by atoms with Crippen LogP contribution in [-0.2, 0) is 0 Å². The standard InChI is InChI=1S/C15H20N2OS/c18-15(14-6-3-9-19-14)17-16-13-8-7-11-4-1-2-5-12(11)10-13/h3,6,9,11-12H,1-2,4-5,7-8,10H2,(H,17,18)/b16-13+/t11-,12+/m0/s1. The third-order valence-electron chi connectivity index (χ3n) is 4.43. The Morgan fingerprint density at radius 1 is 1.26 bits per heavy atom. The number of nitrogens with zero attached hydrogens (tertiary/aromatic N) is 1. The lowest BCUT2D eigenvalue weighted by Crippen LogP contribution is -2.29. The van der Waals surface area contributed by atoms with E-state index in [-0.39, 0.29) is 5.91 Å². The lowest BCUT2D eigenvalue weighted by atomic mass is 9.70. The monoisotopic (exact) mass is 276 g/mol. The van der Waals surface area contributed by atoms with E-state index < -0.39 is 0 Å². The summed E-state index contributed by atoms with van der Waals surface area (Å²) in [5.41, 5.74) is 3.90. The lowest BCUT2D eigenvalue weighted by molar-refractivity contribution is 0.0958. The maximum Gasteiger partial charge on any atom is 0.281 e. The summed E-state index contributed by atoms with van der Waals surface area (Å²) in [6.07, 6.45) is 8.94. The van der Waals surface area contributed by atoms with E-state index >= 15 is 0 Å². The van der Waals surface area contributed by atoms with E-state index in [9.17, 15) is 4.79 Å². The van der Waals surface area contributed by atoms with E-state index in [4.69, 9.17) is 0 Å². The van der Waals surface area contributed by atoms with Crippen molar-refractivity contribution in [2.75, 3.05) is 0 Å². The third-order valence-corrected chi connectivity index (χ3v) is 5.30. The minimum Gasteiger partial charge on any atom is -0.266 e. The molecular formula is C15H20N2OS. The van der Waals surface area contributed by atoms with Crippen LogP contribution >= 0.6 is 11.3 Å². The molecule has 4 heteroatoms. The predicted octanol–water partition coefficient (Wildman–Crippen LogP) is 3.82. The van der Waals surface area contributed by atoms with Gasteiger partial charge in [-0.15, -0.1) is 11.3 Å². The van der Waals surface area contributed by atoms with Crippen molar-refractivity contribution >= 4 is 23.0 Å². The van der Waals surface area contributed by atoms with Crippen LogP contribution in [0.4, 0.5) is 0 Å². The quantitative estimate of drug-likeness (QED) is 0.820. The Hall–Kier alpha value is -1.16. The van der Waals surface area contributed by atoms with Gasteiger partial charge < -0.3 is 0 Å². The maximum atomic E-state index is 11.8. The van der Waals surface area contributed by atoms with E-state index in [0.717, 1.165) is 29.6 Å². The number of hydrogen-bond donors (Lipinski definition) is 1. The molecule has 0 spiro atoms. The summed E-state index contributed by atoms with van der Waals surface area (Å²) in [6, 6.07) is 3.72. The fourth-order valence-corrected chi connectivity index (χ4v) is 4.00. The van der Waals surface area contributed by atoms with Crippen molar-refractivity contribution in [2.24, 2.45) is 16.9 Å². The smallest absolute Gasteiger partial charge is 0.266 e. The van der Waals surface area contributed by atoms with Gasteiger partial charge in [0.2, 0.25) is 0 Å². The lowest BCUT2D eigenvalue weighted by Gasteiger charge is -2.35. The fourth-order valence-electron chi connectivity index (χ4n) is 3.38. The van der Waals surface area contributed by atoms with E-state index in [1.165, 1.54) is 49.2 Å². The molecule has 1 heterocycles. The Kier molecular flexibility index (Phi) is 3.97. The highest BCUT2D eigenvalue weighted by molar-refractivity contribution is 7.12. The van der Waals surface area contributed by atoms with Crippen molar-refractivity contribution in [2.45, 2.75) is 44.9 Å². The van der Waals surface area contributed by atoms with Crippen LogP contribution in [0.2, 0.25) is 0 Å². The van der Waals surface area contributed by atoms with Gasteiger partial charge in [-0.05, 0) is 49.0 Å². The molecule has 1 aromatic rings. The van der Waals surface area contributed by atoms with Gasteiger partial charge in [0.25, 0.3) is 5.91 Å². The van der Waals surface area contributed by atoms with Crippen molar-refractivity contribution in [1.82, 2.24) is 5.43 Å². The van der Waals surface area contributed by atoms with Crippen LogP contribution in [0.1, 0.15) is 54.6 Å². The zero-order valence-electron chi connectivity index (χ0n) is 11.1. The summed E-state index contributed by atoms with van der Waals surface area (Å²) >= 11 is 1.45. The van der Waals surface area contributed by atoms with Gasteiger partial charge in [0.1, 0.15) is 0 Å². The highest BCUT2D eigenvalue weighted by Crippen LogP contribution is 2.39. The van der Waals surface area contributed by atoms with Crippen LogP contribution in [0, 0.1) is 11.8 Å². The van der Waals surface area contributed by atoms with E-state index in [1.807, 2.05) is 17.5 Å². The normalized spacial score (nSPS) is 28.9. The Balaban J connectivity index is 1.57. The molecule has 0 saturated heterocycles. The molecule has 2 atom stereocenters. The minimum atomic E-state index is -0.0757. The fraction of sp³-hybridized carbons (Fsp3) is 0.600. The largest absolute Gasteiger partial charge is 0.281 e. The molecule has 2 fully saturated rings. The predicted molar refractivity (Wildman–Crippen MR) is 78.5 cm³/mol. The van der Waals surface area contributed by atoms with Crippen LogP contribution in [0.25, 0.3) is 0 Å². The SMILES string of the molecule is O=C(N/N=C1\CC[C@@H]2CCCC[C@@H]2C1)c1cccs1. The van der Waals surface area contributed by atoms with Crippen molar-refractivity contribution in [1.29, 1.82) is 0 Å². The summed E-state index contributed by atoms with van der Waals surface area (Å²) < 4.78 is 0. The van der Waals surface area contributed by atoms with Crippen LogP contribution in [0.3, 0.4) is 0 Å². The average Bonchev–Trinajstić information content (AvgIpc) is 2.99. The van der Waals surface area contributed by atoms with Gasteiger partial charge in [0.15, 0.2) is 0 Å². The zero-order valence-corrected chi connectivity index (χ0v) is 11.9. The van der Waals surface area contributed by atoms with Crippen LogP contribution in [0.5, 0.6) is 0 Å². The molecular weight excluding hydrogens is 256 g/mol. The molecule has 102 valence electrons. The van der Waals surface area contributed by atoms with Crippen molar-refractivity contribution in [3.63, 3.8) is 0 Å². The molecule has 2 aliphatic carbocycles. The Labute approximate surface area is 118 Å². The van der Waals surface area contributed by atoms with E-state index in [1.54, 1.807) is 0 Å². The van der Waals surface area contributed by atoms with Gasteiger partial charge in [0.05, 0.1) is 4.88 Å². The first-order valence-electron chi connectivity index (χ1n) is 7.22. The third kappa shape index (κ3) is 3.06. The highest BCUT2D eigenvalue weighted by atomic mass is 32.1. The number of hydrogen-bond acceptors (Lipinski definition) is 3. The van der Waals surface area contributed by atoms with Gasteiger partial charge in [0, 0.05) is 5.71 Å². The number of hydrazone groups is 1. The molecule has 1 N–H and O–H groups in total. The summed E-state index contributed by atoms with van der Waals surface area (Å²) in [5.74, 6) is 1.66. The van der Waals surface area contributed by atoms with Crippen molar-refractivity contribution in [3.05, 3.63) is 22.4 Å². The van der Waals surface area contributed by atoms with Gasteiger partial charge in [-0.2, -0.15) is 5.10 Å². The summed E-state index contributed by atoms with van der Waals surface area (Å²) in [6.45, 7) is 0. The second-order valence-electron chi connectivity index (χ2n) is 5.64. The number of thiophene rings is 1. The van der Waals surface area contributed by atoms with Gasteiger partial charge in [-0.25, -0.2) is 5.43 Å². The molecule has 1 amide bonds. The number of fused-ring (bicyclic) bond motifs is 1. The molecule has 3 nitrogen and oxygen atoms in total. The highest BCUT2D eigenvalue weighted by Gasteiger charge is 2.30. The average molecular weight is 276 g/mol. The second kappa shape index (κ2) is 5.87. The molecule has 0 aliphatic heterocycles. The number of carbonyl (C=O) groups excluding carboxylic acids is 1. The van der Waals surface area contributed by atoms with Gasteiger partial charge in [-0.3, -0.25) is 4.79 Å². The Morgan fingerprint density at radius 3 is 2.89 bits per heavy atom. The molecule has 3 rings (SSSR count). The van der Waals surface area contributed by atoms with Gasteiger partial charge >= 0.3 is 0 Å². The van der Waals surface area contributed by atoms with E-state index in [2.05, 4.69) is 10.5 Å². The number of rotatable bonds is 2. The summed E-state index contributed by atoms with van der Waals surface area (Å²) in [7, 11) is 0. The topological polar surface area (TPSA) is 41.5 Å². The van der Waals surface area contributed by atoms with Crippen LogP contribution in [-0.4, -0.2) is 11.6 Å². The molecule has 1 aromatic heterocycles. The Bertz CT molecular complexity index is 466. The molecule has 0 aromatic carbocycles. The maximum absolute atomic E-state index is 11.8. The van der Waals surface area contributed by atoms with E-state index in [0.29, 0.717) is 0 Å². The molecule has 0 radical (unpaired) electrons.